The molecule has 23 heavy (non-hydrogen) atoms. The minimum atomic E-state index is -2.97. The fraction of sp³-hybridized carbons (Fsp3) is 0.471. The van der Waals surface area contributed by atoms with Crippen LogP contribution >= 0.6 is 0 Å². The largest absolute Gasteiger partial charge is 0.358 e. The van der Waals surface area contributed by atoms with Crippen molar-refractivity contribution in [3.8, 4) is 0 Å². The highest BCUT2D eigenvalue weighted by Gasteiger charge is 2.32. The molecule has 1 fully saturated rings. The molecule has 5 nitrogen and oxygen atoms in total. The molecular weight excluding hydrogens is 312 g/mol. The standard InChI is InChI=1S/C17H22N2O3S/c1-12-14(15-5-3-4-6-16(15)18-12)7-8-17(20)19(2)13-9-10-23(21,22)11-13/h3-6,13,18H,7-11H2,1-2H3. The minimum absolute atomic E-state index is 0.0109. The van der Waals surface area contributed by atoms with E-state index in [1.807, 2.05) is 25.1 Å². The first kappa shape index (κ1) is 16.1. The van der Waals surface area contributed by atoms with Gasteiger partial charge >= 0.3 is 0 Å². The van der Waals surface area contributed by atoms with Gasteiger partial charge in [0.15, 0.2) is 9.84 Å². The Kier molecular flexibility index (Phi) is 4.19. The van der Waals surface area contributed by atoms with Gasteiger partial charge in [-0.3, -0.25) is 4.79 Å². The van der Waals surface area contributed by atoms with Crippen molar-refractivity contribution in [2.24, 2.45) is 0 Å². The Morgan fingerprint density at radius 2 is 2.09 bits per heavy atom. The number of para-hydroxylation sites is 1. The summed E-state index contributed by atoms with van der Waals surface area (Å²) in [5.41, 5.74) is 3.34. The number of aromatic amines is 1. The molecule has 124 valence electrons. The lowest BCUT2D eigenvalue weighted by molar-refractivity contribution is -0.131. The van der Waals surface area contributed by atoms with E-state index in [9.17, 15) is 13.2 Å². The number of rotatable bonds is 4. The number of amides is 1. The Hall–Kier alpha value is -1.82. The van der Waals surface area contributed by atoms with Crippen molar-refractivity contribution < 1.29 is 13.2 Å². The van der Waals surface area contributed by atoms with Gasteiger partial charge in [-0.05, 0) is 31.4 Å². The Bertz CT molecular complexity index is 839. The van der Waals surface area contributed by atoms with Crippen LogP contribution in [0.3, 0.4) is 0 Å². The van der Waals surface area contributed by atoms with Gasteiger partial charge in [-0.1, -0.05) is 18.2 Å². The van der Waals surface area contributed by atoms with E-state index in [4.69, 9.17) is 0 Å². The third kappa shape index (κ3) is 3.27. The van der Waals surface area contributed by atoms with Crippen LogP contribution in [0.15, 0.2) is 24.3 Å². The smallest absolute Gasteiger partial charge is 0.222 e. The molecule has 1 N–H and O–H groups in total. The minimum Gasteiger partial charge on any atom is -0.358 e. The Morgan fingerprint density at radius 3 is 2.78 bits per heavy atom. The lowest BCUT2D eigenvalue weighted by atomic mass is 10.0. The van der Waals surface area contributed by atoms with E-state index in [2.05, 4.69) is 11.1 Å². The number of fused-ring (bicyclic) bond motifs is 1. The van der Waals surface area contributed by atoms with Crippen molar-refractivity contribution in [1.29, 1.82) is 0 Å². The van der Waals surface area contributed by atoms with Crippen LogP contribution in [-0.2, 0) is 21.1 Å². The summed E-state index contributed by atoms with van der Waals surface area (Å²) in [6.07, 6.45) is 1.62. The molecule has 1 aromatic carbocycles. The molecule has 0 radical (unpaired) electrons. The number of H-pyrrole nitrogens is 1. The van der Waals surface area contributed by atoms with Crippen LogP contribution in [0.2, 0.25) is 0 Å². The molecule has 1 aliphatic heterocycles. The van der Waals surface area contributed by atoms with Gasteiger partial charge in [0.2, 0.25) is 5.91 Å². The van der Waals surface area contributed by atoms with Crippen molar-refractivity contribution in [3.05, 3.63) is 35.5 Å². The molecule has 1 atom stereocenters. The van der Waals surface area contributed by atoms with Crippen LogP contribution in [0, 0.1) is 6.92 Å². The summed E-state index contributed by atoms with van der Waals surface area (Å²) in [6, 6.07) is 7.91. The first-order chi connectivity index (χ1) is 10.9. The third-order valence-corrected chi connectivity index (χ3v) is 6.52. The normalized spacial score (nSPS) is 20.0. The fourth-order valence-electron chi connectivity index (χ4n) is 3.35. The lowest BCUT2D eigenvalue weighted by Crippen LogP contribution is -2.37. The topological polar surface area (TPSA) is 70.2 Å². The molecular formula is C17H22N2O3S. The summed E-state index contributed by atoms with van der Waals surface area (Å²) < 4.78 is 23.1. The number of sulfone groups is 1. The Labute approximate surface area is 136 Å². The molecule has 0 spiro atoms. The molecule has 3 rings (SSSR count). The second-order valence-corrected chi connectivity index (χ2v) is 8.56. The molecule has 1 aliphatic rings. The number of aromatic nitrogens is 1. The first-order valence-electron chi connectivity index (χ1n) is 7.89. The van der Waals surface area contributed by atoms with Crippen molar-refractivity contribution >= 4 is 26.6 Å². The van der Waals surface area contributed by atoms with E-state index >= 15 is 0 Å². The molecule has 1 saturated heterocycles. The number of carbonyl (C=O) groups is 1. The predicted molar refractivity (Wildman–Crippen MR) is 91.2 cm³/mol. The van der Waals surface area contributed by atoms with Gasteiger partial charge in [0.05, 0.1) is 11.5 Å². The van der Waals surface area contributed by atoms with E-state index < -0.39 is 9.84 Å². The predicted octanol–water partition coefficient (Wildman–Crippen LogP) is 2.05. The molecule has 1 amide bonds. The van der Waals surface area contributed by atoms with Gasteiger partial charge in [-0.2, -0.15) is 0 Å². The van der Waals surface area contributed by atoms with Gasteiger partial charge in [0, 0.05) is 36.1 Å². The fourth-order valence-corrected chi connectivity index (χ4v) is 5.12. The number of carbonyl (C=O) groups excluding carboxylic acids is 1. The van der Waals surface area contributed by atoms with E-state index in [-0.39, 0.29) is 23.5 Å². The van der Waals surface area contributed by atoms with Gasteiger partial charge in [0.1, 0.15) is 0 Å². The van der Waals surface area contributed by atoms with Crippen molar-refractivity contribution in [3.63, 3.8) is 0 Å². The molecule has 2 heterocycles. The van der Waals surface area contributed by atoms with Gasteiger partial charge in [-0.25, -0.2) is 8.42 Å². The van der Waals surface area contributed by atoms with Crippen molar-refractivity contribution in [2.45, 2.75) is 32.2 Å². The first-order valence-corrected chi connectivity index (χ1v) is 9.72. The zero-order valence-corrected chi connectivity index (χ0v) is 14.3. The van der Waals surface area contributed by atoms with Crippen molar-refractivity contribution in [2.75, 3.05) is 18.6 Å². The second kappa shape index (κ2) is 6.00. The summed E-state index contributed by atoms with van der Waals surface area (Å²) in [5.74, 6) is 0.301. The lowest BCUT2D eigenvalue weighted by Gasteiger charge is -2.23. The van der Waals surface area contributed by atoms with Gasteiger partial charge < -0.3 is 9.88 Å². The summed E-state index contributed by atoms with van der Waals surface area (Å²) >= 11 is 0. The number of aryl methyl sites for hydroxylation is 2. The van der Waals surface area contributed by atoms with E-state index in [1.54, 1.807) is 11.9 Å². The highest BCUT2D eigenvalue weighted by molar-refractivity contribution is 7.91. The molecule has 2 aromatic rings. The quantitative estimate of drug-likeness (QED) is 0.930. The number of nitrogens with zero attached hydrogens (tertiary/aromatic N) is 1. The summed E-state index contributed by atoms with van der Waals surface area (Å²) in [7, 11) is -1.25. The van der Waals surface area contributed by atoms with Crippen molar-refractivity contribution in [1.82, 2.24) is 9.88 Å². The SMILES string of the molecule is Cc1[nH]c2ccccc2c1CCC(=O)N(C)C1CCS(=O)(=O)C1. The average Bonchev–Trinajstić information content (AvgIpc) is 3.03. The Balaban J connectivity index is 1.68. The second-order valence-electron chi connectivity index (χ2n) is 6.34. The molecule has 0 aliphatic carbocycles. The van der Waals surface area contributed by atoms with Crippen LogP contribution in [0.4, 0.5) is 0 Å². The Morgan fingerprint density at radius 1 is 1.35 bits per heavy atom. The molecule has 6 heteroatoms. The number of nitrogens with one attached hydrogen (secondary N) is 1. The number of hydrogen-bond donors (Lipinski definition) is 1. The van der Waals surface area contributed by atoms with Crippen LogP contribution in [-0.4, -0.2) is 48.8 Å². The molecule has 0 saturated carbocycles. The van der Waals surface area contributed by atoms with Crippen LogP contribution in [0.5, 0.6) is 0 Å². The zero-order chi connectivity index (χ0) is 16.6. The van der Waals surface area contributed by atoms with Crippen LogP contribution in [0.1, 0.15) is 24.1 Å². The maximum absolute atomic E-state index is 12.4. The van der Waals surface area contributed by atoms with Gasteiger partial charge in [-0.15, -0.1) is 0 Å². The maximum atomic E-state index is 12.4. The molecule has 0 bridgehead atoms. The highest BCUT2D eigenvalue weighted by atomic mass is 32.2. The van der Waals surface area contributed by atoms with Crippen LogP contribution in [0.25, 0.3) is 10.9 Å². The highest BCUT2D eigenvalue weighted by Crippen LogP contribution is 2.24. The van der Waals surface area contributed by atoms with E-state index in [0.717, 1.165) is 16.6 Å². The average molecular weight is 334 g/mol. The summed E-state index contributed by atoms with van der Waals surface area (Å²) in [4.78, 5) is 17.4. The molecule has 1 unspecified atom stereocenters. The summed E-state index contributed by atoms with van der Waals surface area (Å²) in [6.45, 7) is 2.02. The van der Waals surface area contributed by atoms with Crippen LogP contribution < -0.4 is 0 Å². The maximum Gasteiger partial charge on any atom is 0.222 e. The molecule has 1 aromatic heterocycles. The van der Waals surface area contributed by atoms with E-state index in [0.29, 0.717) is 19.3 Å². The number of benzene rings is 1. The zero-order valence-electron chi connectivity index (χ0n) is 13.5. The number of hydrogen-bond acceptors (Lipinski definition) is 3. The summed E-state index contributed by atoms with van der Waals surface area (Å²) in [5, 5.41) is 1.16. The monoisotopic (exact) mass is 334 g/mol. The van der Waals surface area contributed by atoms with Gasteiger partial charge in [0.25, 0.3) is 0 Å². The third-order valence-electron chi connectivity index (χ3n) is 4.77. The van der Waals surface area contributed by atoms with E-state index in [1.165, 1.54) is 5.56 Å².